The molecule has 0 rings (SSSR count). The molecule has 0 saturated carbocycles. The first kappa shape index (κ1) is 12.9. The normalized spacial score (nSPS) is 10.3. The van der Waals surface area contributed by atoms with Crippen LogP contribution in [0.25, 0.3) is 0 Å². The molecule has 0 saturated heterocycles. The van der Waals surface area contributed by atoms with Gasteiger partial charge in [-0.2, -0.15) is 0 Å². The number of carbonyl (C=O) groups excluding carboxylic acids is 2. The van der Waals surface area contributed by atoms with E-state index in [2.05, 4.69) is 16.1 Å². The van der Waals surface area contributed by atoms with Crippen molar-refractivity contribution in [2.75, 3.05) is 6.61 Å². The molecule has 0 aliphatic carbocycles. The van der Waals surface area contributed by atoms with Crippen molar-refractivity contribution in [1.29, 1.82) is 0 Å². The van der Waals surface area contributed by atoms with Crippen molar-refractivity contribution < 1.29 is 29.0 Å². The van der Waals surface area contributed by atoms with Gasteiger partial charge in [0, 0.05) is 6.08 Å². The summed E-state index contributed by atoms with van der Waals surface area (Å²) in [5.41, 5.74) is 0. The van der Waals surface area contributed by atoms with Gasteiger partial charge in [0.05, 0.1) is 12.7 Å². The van der Waals surface area contributed by atoms with Crippen molar-refractivity contribution in [3.8, 4) is 0 Å². The number of carbonyl (C=O) groups is 3. The molecule has 0 aromatic rings. The number of carboxylic acid groups (broad SMARTS) is 1. The van der Waals surface area contributed by atoms with E-state index in [4.69, 9.17) is 5.11 Å². The van der Waals surface area contributed by atoms with Crippen molar-refractivity contribution >= 4 is 17.9 Å². The second-order valence-electron chi connectivity index (χ2n) is 2.19. The van der Waals surface area contributed by atoms with Crippen LogP contribution >= 0.6 is 0 Å². The molecule has 6 nitrogen and oxygen atoms in total. The molecule has 82 valence electrons. The average molecular weight is 214 g/mol. The van der Waals surface area contributed by atoms with Crippen LogP contribution in [0.3, 0.4) is 0 Å². The molecule has 0 aliphatic heterocycles. The van der Waals surface area contributed by atoms with Crippen molar-refractivity contribution in [2.24, 2.45) is 0 Å². The van der Waals surface area contributed by atoms with Crippen LogP contribution in [0.1, 0.15) is 6.92 Å². The summed E-state index contributed by atoms with van der Waals surface area (Å²) in [5, 5.41) is 8.39. The van der Waals surface area contributed by atoms with Crippen molar-refractivity contribution in [3.63, 3.8) is 0 Å². The van der Waals surface area contributed by atoms with Gasteiger partial charge >= 0.3 is 17.9 Å². The summed E-state index contributed by atoms with van der Waals surface area (Å²) in [5.74, 6) is -4.06. The largest absolute Gasteiger partial charge is 0.478 e. The highest BCUT2D eigenvalue weighted by atomic mass is 16.6. The van der Waals surface area contributed by atoms with Gasteiger partial charge in [-0.3, -0.25) is 0 Å². The van der Waals surface area contributed by atoms with Crippen LogP contribution in [0, 0.1) is 0 Å². The number of aliphatic carboxylic acids is 1. The zero-order valence-corrected chi connectivity index (χ0v) is 8.06. The van der Waals surface area contributed by atoms with Crippen molar-refractivity contribution in [2.45, 2.75) is 6.92 Å². The van der Waals surface area contributed by atoms with Crippen LogP contribution in [0.4, 0.5) is 0 Å². The van der Waals surface area contributed by atoms with Crippen molar-refractivity contribution in [1.82, 2.24) is 0 Å². The Morgan fingerprint density at radius 1 is 1.40 bits per heavy atom. The molecule has 0 unspecified atom stereocenters. The highest BCUT2D eigenvalue weighted by molar-refractivity contribution is 5.97. The van der Waals surface area contributed by atoms with E-state index >= 15 is 0 Å². The van der Waals surface area contributed by atoms with Crippen LogP contribution in [-0.2, 0) is 23.9 Å². The highest BCUT2D eigenvalue weighted by Gasteiger charge is 2.16. The molecule has 0 spiro atoms. The number of rotatable bonds is 5. The molecule has 6 heteroatoms. The average Bonchev–Trinajstić information content (AvgIpc) is 2.16. The van der Waals surface area contributed by atoms with Gasteiger partial charge < -0.3 is 14.6 Å². The Bertz CT molecular complexity index is 315. The summed E-state index contributed by atoms with van der Waals surface area (Å²) in [6, 6.07) is 0. The fourth-order valence-electron chi connectivity index (χ4n) is 0.594. The van der Waals surface area contributed by atoms with Gasteiger partial charge in [0.25, 0.3) is 0 Å². The van der Waals surface area contributed by atoms with E-state index in [0.717, 1.165) is 6.08 Å². The SMILES string of the molecule is C=CC(=O)O/C(=C/C(=O)O)C(=O)OCC. The standard InChI is InChI=1S/C9H10O6/c1-3-8(12)15-6(5-7(10)11)9(13)14-4-2/h3,5H,1,4H2,2H3,(H,10,11)/b6-5+. The number of ether oxygens (including phenoxy) is 2. The van der Waals surface area contributed by atoms with Gasteiger partial charge in [-0.25, -0.2) is 14.4 Å². The van der Waals surface area contributed by atoms with Gasteiger partial charge in [-0.05, 0) is 6.92 Å². The fourth-order valence-corrected chi connectivity index (χ4v) is 0.594. The van der Waals surface area contributed by atoms with Crippen LogP contribution in [-0.4, -0.2) is 29.6 Å². The van der Waals surface area contributed by atoms with E-state index < -0.39 is 23.7 Å². The molecule has 0 aromatic carbocycles. The summed E-state index contributed by atoms with van der Waals surface area (Å²) >= 11 is 0. The lowest BCUT2D eigenvalue weighted by atomic mass is 10.4. The maximum atomic E-state index is 11.1. The first-order chi connectivity index (χ1) is 7.01. The van der Waals surface area contributed by atoms with Gasteiger partial charge in [-0.15, -0.1) is 0 Å². The summed E-state index contributed by atoms with van der Waals surface area (Å²) < 4.78 is 8.84. The summed E-state index contributed by atoms with van der Waals surface area (Å²) in [7, 11) is 0. The molecule has 0 atom stereocenters. The van der Waals surface area contributed by atoms with Gasteiger partial charge in [0.2, 0.25) is 5.76 Å². The smallest absolute Gasteiger partial charge is 0.374 e. The predicted octanol–water partition coefficient (Wildman–Crippen LogP) is 0.247. The van der Waals surface area contributed by atoms with Crippen LogP contribution in [0.5, 0.6) is 0 Å². The maximum absolute atomic E-state index is 11.1. The predicted molar refractivity (Wildman–Crippen MR) is 48.6 cm³/mol. The summed E-state index contributed by atoms with van der Waals surface area (Å²) in [6.45, 7) is 4.67. The molecular formula is C9H10O6. The lowest BCUT2D eigenvalue weighted by molar-refractivity contribution is -0.149. The van der Waals surface area contributed by atoms with E-state index in [1.54, 1.807) is 0 Å². The maximum Gasteiger partial charge on any atom is 0.374 e. The zero-order chi connectivity index (χ0) is 11.8. The third-order valence-corrected chi connectivity index (χ3v) is 1.11. The molecule has 0 amide bonds. The molecule has 15 heavy (non-hydrogen) atoms. The Labute approximate surface area is 85.8 Å². The Hall–Kier alpha value is -2.11. The second kappa shape index (κ2) is 6.36. The highest BCUT2D eigenvalue weighted by Crippen LogP contribution is 2.02. The monoisotopic (exact) mass is 214 g/mol. The molecular weight excluding hydrogens is 204 g/mol. The molecule has 0 aromatic heterocycles. The minimum absolute atomic E-state index is 0.0431. The number of carboxylic acids is 1. The fraction of sp³-hybridized carbons (Fsp3) is 0.222. The summed E-state index contributed by atoms with van der Waals surface area (Å²) in [4.78, 5) is 32.1. The third-order valence-electron chi connectivity index (χ3n) is 1.11. The molecule has 0 heterocycles. The van der Waals surface area contributed by atoms with E-state index in [1.165, 1.54) is 6.92 Å². The molecule has 0 aliphatic rings. The number of hydrogen-bond acceptors (Lipinski definition) is 5. The minimum Gasteiger partial charge on any atom is -0.478 e. The Balaban J connectivity index is 4.73. The molecule has 1 N–H and O–H groups in total. The number of hydrogen-bond donors (Lipinski definition) is 1. The molecule has 0 bridgehead atoms. The topological polar surface area (TPSA) is 89.9 Å². The quantitative estimate of drug-likeness (QED) is 0.400. The lowest BCUT2D eigenvalue weighted by Crippen LogP contribution is -2.14. The Kier molecular flexibility index (Phi) is 5.47. The van der Waals surface area contributed by atoms with E-state index in [1.807, 2.05) is 0 Å². The van der Waals surface area contributed by atoms with Crippen LogP contribution in [0.15, 0.2) is 24.5 Å². The first-order valence-corrected chi connectivity index (χ1v) is 3.97. The van der Waals surface area contributed by atoms with Gasteiger partial charge in [-0.1, -0.05) is 6.58 Å². The van der Waals surface area contributed by atoms with Gasteiger partial charge in [0.15, 0.2) is 0 Å². The van der Waals surface area contributed by atoms with E-state index in [-0.39, 0.29) is 6.61 Å². The van der Waals surface area contributed by atoms with Crippen LogP contribution < -0.4 is 0 Å². The Morgan fingerprint density at radius 2 is 2.00 bits per heavy atom. The van der Waals surface area contributed by atoms with Crippen molar-refractivity contribution in [3.05, 3.63) is 24.5 Å². The third kappa shape index (κ3) is 5.25. The second-order valence-corrected chi connectivity index (χ2v) is 2.19. The van der Waals surface area contributed by atoms with E-state index in [0.29, 0.717) is 6.08 Å². The molecule has 0 fully saturated rings. The molecule has 0 radical (unpaired) electrons. The summed E-state index contributed by atoms with van der Waals surface area (Å²) in [6.07, 6.45) is 1.24. The van der Waals surface area contributed by atoms with E-state index in [9.17, 15) is 14.4 Å². The first-order valence-electron chi connectivity index (χ1n) is 3.97. The van der Waals surface area contributed by atoms with Gasteiger partial charge in [0.1, 0.15) is 0 Å². The minimum atomic E-state index is -1.42. The zero-order valence-electron chi connectivity index (χ0n) is 8.06. The van der Waals surface area contributed by atoms with Crippen LogP contribution in [0.2, 0.25) is 0 Å². The Morgan fingerprint density at radius 3 is 2.40 bits per heavy atom. The number of esters is 2. The lowest BCUT2D eigenvalue weighted by Gasteiger charge is -2.04.